The fourth-order valence-corrected chi connectivity index (χ4v) is 2.95. The van der Waals surface area contributed by atoms with Gasteiger partial charge in [0.15, 0.2) is 0 Å². The topological polar surface area (TPSA) is 57.5 Å². The molecular formula is C20H24N4O2. The molecule has 1 saturated heterocycles. The van der Waals surface area contributed by atoms with Crippen LogP contribution in [0.1, 0.15) is 21.5 Å². The molecule has 2 aromatic rings. The summed E-state index contributed by atoms with van der Waals surface area (Å²) in [4.78, 5) is 13.9. The highest BCUT2D eigenvalue weighted by Crippen LogP contribution is 2.16. The van der Waals surface area contributed by atoms with Gasteiger partial charge in [0.2, 0.25) is 0 Å². The number of rotatable bonds is 5. The maximum Gasteiger partial charge on any atom is 0.337 e. The third-order valence-electron chi connectivity index (χ3n) is 4.41. The lowest BCUT2D eigenvalue weighted by atomic mass is 10.1. The molecule has 2 aromatic carbocycles. The van der Waals surface area contributed by atoms with E-state index in [-0.39, 0.29) is 5.97 Å². The predicted molar refractivity (Wildman–Crippen MR) is 100 cm³/mol. The Hall–Kier alpha value is -2.73. The molecule has 1 aliphatic heterocycles. The molecule has 0 aromatic heterocycles. The van der Waals surface area contributed by atoms with Crippen LogP contribution in [0.2, 0.25) is 0 Å². The van der Waals surface area contributed by atoms with Gasteiger partial charge in [0.1, 0.15) is 0 Å². The van der Waals surface area contributed by atoms with Crippen molar-refractivity contribution in [2.24, 2.45) is 10.3 Å². The molecule has 0 spiro atoms. The molecule has 3 rings (SSSR count). The van der Waals surface area contributed by atoms with E-state index in [1.165, 1.54) is 18.2 Å². The van der Waals surface area contributed by atoms with E-state index in [0.29, 0.717) is 5.56 Å². The first-order valence-electron chi connectivity index (χ1n) is 8.77. The number of methoxy groups -OCH3 is 1. The van der Waals surface area contributed by atoms with Gasteiger partial charge < -0.3 is 4.74 Å². The van der Waals surface area contributed by atoms with E-state index in [9.17, 15) is 4.79 Å². The van der Waals surface area contributed by atoms with E-state index in [1.54, 1.807) is 24.3 Å². The van der Waals surface area contributed by atoms with Crippen molar-refractivity contribution in [3.05, 3.63) is 65.2 Å². The van der Waals surface area contributed by atoms with E-state index >= 15 is 0 Å². The van der Waals surface area contributed by atoms with Crippen LogP contribution in [0.15, 0.2) is 58.9 Å². The van der Waals surface area contributed by atoms with Crippen molar-refractivity contribution in [2.45, 2.75) is 13.5 Å². The standard InChI is InChI=1S/C20H24N4O2/c1-16-4-3-5-17(14-16)15-23-10-12-24(13-11-23)22-21-19-8-6-18(7-9-19)20(25)26-2/h3-9,14H,10-13,15H2,1-2H3/b22-21+. The monoisotopic (exact) mass is 352 g/mol. The number of carbonyl (C=O) groups is 1. The second kappa shape index (κ2) is 8.58. The summed E-state index contributed by atoms with van der Waals surface area (Å²) in [5.41, 5.74) is 3.88. The number of esters is 1. The number of ether oxygens (including phenoxy) is 1. The van der Waals surface area contributed by atoms with E-state index in [0.717, 1.165) is 38.4 Å². The van der Waals surface area contributed by atoms with Gasteiger partial charge in [-0.1, -0.05) is 35.1 Å². The molecule has 0 saturated carbocycles. The number of nitrogens with zero attached hydrogens (tertiary/aromatic N) is 4. The third kappa shape index (κ3) is 4.89. The molecule has 0 bridgehead atoms. The van der Waals surface area contributed by atoms with Gasteiger partial charge in [-0.3, -0.25) is 9.91 Å². The Morgan fingerprint density at radius 2 is 1.81 bits per heavy atom. The largest absolute Gasteiger partial charge is 0.465 e. The van der Waals surface area contributed by atoms with E-state index < -0.39 is 0 Å². The minimum Gasteiger partial charge on any atom is -0.465 e. The summed E-state index contributed by atoms with van der Waals surface area (Å²) in [6, 6.07) is 15.6. The first-order valence-corrected chi connectivity index (χ1v) is 8.77. The molecule has 6 heteroatoms. The van der Waals surface area contributed by atoms with Gasteiger partial charge in [-0.2, -0.15) is 0 Å². The highest BCUT2D eigenvalue weighted by molar-refractivity contribution is 5.89. The molecule has 0 unspecified atom stereocenters. The van der Waals surface area contributed by atoms with Gasteiger partial charge in [-0.15, -0.1) is 5.11 Å². The molecule has 0 amide bonds. The van der Waals surface area contributed by atoms with Crippen LogP contribution in [0.25, 0.3) is 0 Å². The van der Waals surface area contributed by atoms with Crippen LogP contribution in [0.3, 0.4) is 0 Å². The Kier molecular flexibility index (Phi) is 5.96. The third-order valence-corrected chi connectivity index (χ3v) is 4.41. The minimum atomic E-state index is -0.349. The molecule has 1 fully saturated rings. The summed E-state index contributed by atoms with van der Waals surface area (Å²) >= 11 is 0. The Bertz CT molecular complexity index is 766. The van der Waals surface area contributed by atoms with Crippen molar-refractivity contribution >= 4 is 11.7 Å². The van der Waals surface area contributed by atoms with Crippen LogP contribution >= 0.6 is 0 Å². The van der Waals surface area contributed by atoms with Crippen LogP contribution in [0.4, 0.5) is 5.69 Å². The first-order chi connectivity index (χ1) is 12.6. The number of piperazine rings is 1. The quantitative estimate of drug-likeness (QED) is 0.609. The summed E-state index contributed by atoms with van der Waals surface area (Å²) in [6.07, 6.45) is 0. The fourth-order valence-electron chi connectivity index (χ4n) is 2.95. The number of carbonyl (C=O) groups excluding carboxylic acids is 1. The smallest absolute Gasteiger partial charge is 0.337 e. The van der Waals surface area contributed by atoms with Crippen molar-refractivity contribution in [2.75, 3.05) is 33.3 Å². The highest BCUT2D eigenvalue weighted by Gasteiger charge is 2.16. The molecule has 1 heterocycles. The van der Waals surface area contributed by atoms with Crippen molar-refractivity contribution in [3.8, 4) is 0 Å². The lowest BCUT2D eigenvalue weighted by Crippen LogP contribution is -2.43. The summed E-state index contributed by atoms with van der Waals surface area (Å²) in [5.74, 6) is -0.349. The average molecular weight is 352 g/mol. The average Bonchev–Trinajstić information content (AvgIpc) is 2.67. The van der Waals surface area contributed by atoms with E-state index in [4.69, 9.17) is 0 Å². The Labute approximate surface area is 154 Å². The molecule has 0 atom stereocenters. The van der Waals surface area contributed by atoms with Gasteiger partial charge >= 0.3 is 5.97 Å². The van der Waals surface area contributed by atoms with Gasteiger partial charge in [-0.05, 0) is 36.8 Å². The number of aryl methyl sites for hydroxylation is 1. The molecule has 1 aliphatic rings. The first kappa shape index (κ1) is 18.1. The number of hydrogen-bond donors (Lipinski definition) is 0. The van der Waals surface area contributed by atoms with Crippen LogP contribution < -0.4 is 0 Å². The van der Waals surface area contributed by atoms with Crippen LogP contribution in [-0.4, -0.2) is 49.2 Å². The van der Waals surface area contributed by atoms with E-state index in [2.05, 4.69) is 51.2 Å². The number of hydrogen-bond acceptors (Lipinski definition) is 5. The SMILES string of the molecule is COC(=O)c1ccc(/N=N/N2CCN(Cc3cccc(C)c3)CC2)cc1. The van der Waals surface area contributed by atoms with Crippen LogP contribution in [0.5, 0.6) is 0 Å². The summed E-state index contributed by atoms with van der Waals surface area (Å²) in [6.45, 7) is 6.74. The lowest BCUT2D eigenvalue weighted by molar-refractivity contribution is 0.0601. The van der Waals surface area contributed by atoms with Crippen molar-refractivity contribution < 1.29 is 9.53 Å². The fraction of sp³-hybridized carbons (Fsp3) is 0.350. The summed E-state index contributed by atoms with van der Waals surface area (Å²) in [7, 11) is 1.37. The Balaban J connectivity index is 1.49. The number of benzene rings is 2. The highest BCUT2D eigenvalue weighted by atomic mass is 16.5. The lowest BCUT2D eigenvalue weighted by Gasteiger charge is -2.32. The second-order valence-corrected chi connectivity index (χ2v) is 6.45. The molecule has 0 aliphatic carbocycles. The molecule has 0 N–H and O–H groups in total. The zero-order valence-electron chi connectivity index (χ0n) is 15.3. The van der Waals surface area contributed by atoms with Gasteiger partial charge in [0, 0.05) is 19.6 Å². The van der Waals surface area contributed by atoms with Crippen LogP contribution in [0, 0.1) is 6.92 Å². The minimum absolute atomic E-state index is 0.349. The van der Waals surface area contributed by atoms with Crippen LogP contribution in [-0.2, 0) is 11.3 Å². The Morgan fingerprint density at radius 1 is 1.08 bits per heavy atom. The molecule has 0 radical (unpaired) electrons. The summed E-state index contributed by atoms with van der Waals surface area (Å²) < 4.78 is 4.68. The molecule has 26 heavy (non-hydrogen) atoms. The van der Waals surface area contributed by atoms with Crippen molar-refractivity contribution in [3.63, 3.8) is 0 Å². The zero-order chi connectivity index (χ0) is 18.4. The van der Waals surface area contributed by atoms with Gasteiger partial charge in [-0.25, -0.2) is 4.79 Å². The van der Waals surface area contributed by atoms with Crippen molar-refractivity contribution in [1.82, 2.24) is 9.91 Å². The van der Waals surface area contributed by atoms with Gasteiger partial charge in [0.25, 0.3) is 0 Å². The Morgan fingerprint density at radius 3 is 2.46 bits per heavy atom. The normalized spacial score (nSPS) is 15.4. The maximum atomic E-state index is 11.4. The zero-order valence-corrected chi connectivity index (χ0v) is 15.3. The van der Waals surface area contributed by atoms with Gasteiger partial charge in [0.05, 0.1) is 31.5 Å². The predicted octanol–water partition coefficient (Wildman–Crippen LogP) is 3.60. The van der Waals surface area contributed by atoms with Crippen molar-refractivity contribution in [1.29, 1.82) is 0 Å². The second-order valence-electron chi connectivity index (χ2n) is 6.45. The molecule has 6 nitrogen and oxygen atoms in total. The molecular weight excluding hydrogens is 328 g/mol. The maximum absolute atomic E-state index is 11.4. The molecule has 136 valence electrons. The summed E-state index contributed by atoms with van der Waals surface area (Å²) in [5, 5.41) is 10.6. The van der Waals surface area contributed by atoms with E-state index in [1.807, 2.05) is 5.01 Å².